The number of imidazole rings is 1. The lowest BCUT2D eigenvalue weighted by Crippen LogP contribution is -2.18. The average molecular weight is 448 g/mol. The maximum Gasteiger partial charge on any atom is 0.274 e. The van der Waals surface area contributed by atoms with Gasteiger partial charge in [0, 0.05) is 17.1 Å². The Morgan fingerprint density at radius 2 is 1.97 bits per heavy atom. The number of carbonyl (C=O) groups excluding carboxylic acids is 1. The number of ether oxygens (including phenoxy) is 2. The van der Waals surface area contributed by atoms with Crippen molar-refractivity contribution in [1.29, 1.82) is 0 Å². The van der Waals surface area contributed by atoms with E-state index in [0.29, 0.717) is 27.8 Å². The van der Waals surface area contributed by atoms with E-state index in [4.69, 9.17) is 21.1 Å². The van der Waals surface area contributed by atoms with Gasteiger partial charge in [0.15, 0.2) is 0 Å². The molecule has 2 aromatic carbocycles. The average Bonchev–Trinajstić information content (AvgIpc) is 3.26. The summed E-state index contributed by atoms with van der Waals surface area (Å²) in [6, 6.07) is 11.8. The van der Waals surface area contributed by atoms with E-state index in [1.165, 1.54) is 18.8 Å². The first-order chi connectivity index (χ1) is 14.3. The van der Waals surface area contributed by atoms with E-state index >= 15 is 0 Å². The number of hydrogen-bond donors (Lipinski definition) is 1. The van der Waals surface area contributed by atoms with Crippen molar-refractivity contribution in [2.45, 2.75) is 11.7 Å². The van der Waals surface area contributed by atoms with Crippen molar-refractivity contribution in [1.82, 2.24) is 9.55 Å². The highest BCUT2D eigenvalue weighted by molar-refractivity contribution is 7.91. The zero-order chi connectivity index (χ0) is 21.5. The van der Waals surface area contributed by atoms with Gasteiger partial charge in [-0.15, -0.1) is 0 Å². The van der Waals surface area contributed by atoms with Gasteiger partial charge in [-0.05, 0) is 30.3 Å². The molecule has 156 valence electrons. The van der Waals surface area contributed by atoms with Gasteiger partial charge in [0.1, 0.15) is 22.9 Å². The number of methoxy groups -OCH3 is 2. The van der Waals surface area contributed by atoms with Gasteiger partial charge in [-0.25, -0.2) is 13.4 Å². The van der Waals surface area contributed by atoms with Gasteiger partial charge in [0.05, 0.1) is 25.7 Å². The molecule has 30 heavy (non-hydrogen) atoms. The number of sulfone groups is 1. The first-order valence-electron chi connectivity index (χ1n) is 8.96. The number of benzene rings is 2. The molecule has 0 fully saturated rings. The number of halogens is 1. The van der Waals surface area contributed by atoms with Gasteiger partial charge in [-0.3, -0.25) is 4.79 Å². The molecule has 1 aliphatic heterocycles. The molecule has 0 bridgehead atoms. The Hall–Kier alpha value is -3.04. The van der Waals surface area contributed by atoms with E-state index in [2.05, 4.69) is 10.3 Å². The first-order valence-corrected chi connectivity index (χ1v) is 11.0. The number of anilines is 1. The van der Waals surface area contributed by atoms with E-state index in [9.17, 15) is 13.2 Å². The molecule has 3 aromatic rings. The normalized spacial score (nSPS) is 14.2. The number of rotatable bonds is 5. The van der Waals surface area contributed by atoms with Crippen LogP contribution in [0.2, 0.25) is 5.02 Å². The lowest BCUT2D eigenvalue weighted by Gasteiger charge is -2.12. The molecule has 0 aliphatic carbocycles. The van der Waals surface area contributed by atoms with E-state index in [0.717, 1.165) is 0 Å². The lowest BCUT2D eigenvalue weighted by atomic mass is 10.1. The van der Waals surface area contributed by atoms with Gasteiger partial charge < -0.3 is 19.4 Å². The summed E-state index contributed by atoms with van der Waals surface area (Å²) in [6.45, 7) is 0.143. The second-order valence-electron chi connectivity index (χ2n) is 6.59. The summed E-state index contributed by atoms with van der Waals surface area (Å²) in [4.78, 5) is 17.6. The van der Waals surface area contributed by atoms with Crippen LogP contribution in [0.3, 0.4) is 0 Å². The van der Waals surface area contributed by atoms with Gasteiger partial charge in [0.25, 0.3) is 5.91 Å². The molecule has 1 N–H and O–H groups in total. The summed E-state index contributed by atoms with van der Waals surface area (Å²) in [7, 11) is -0.563. The molecule has 1 aliphatic rings. The highest BCUT2D eigenvalue weighted by Crippen LogP contribution is 2.34. The minimum Gasteiger partial charge on any atom is -0.497 e. The van der Waals surface area contributed by atoms with E-state index < -0.39 is 15.7 Å². The lowest BCUT2D eigenvalue weighted by molar-refractivity contribution is 0.101. The molecule has 4 rings (SSSR count). The van der Waals surface area contributed by atoms with Crippen LogP contribution in [0.5, 0.6) is 11.5 Å². The molecule has 0 spiro atoms. The summed E-state index contributed by atoms with van der Waals surface area (Å²) in [5.74, 6) is 0.356. The molecular weight excluding hydrogens is 430 g/mol. The van der Waals surface area contributed by atoms with Gasteiger partial charge in [-0.2, -0.15) is 0 Å². The molecule has 0 saturated heterocycles. The maximum absolute atomic E-state index is 13.3. The molecule has 10 heteroatoms. The molecule has 0 radical (unpaired) electrons. The zero-order valence-electron chi connectivity index (χ0n) is 16.2. The highest BCUT2D eigenvalue weighted by Gasteiger charge is 2.35. The van der Waals surface area contributed by atoms with Gasteiger partial charge >= 0.3 is 0 Å². The third kappa shape index (κ3) is 3.50. The predicted molar refractivity (Wildman–Crippen MR) is 112 cm³/mol. The number of fused-ring (bicyclic) bond motifs is 1. The van der Waals surface area contributed by atoms with Crippen LogP contribution >= 0.6 is 11.6 Å². The van der Waals surface area contributed by atoms with Gasteiger partial charge in [0.2, 0.25) is 15.0 Å². The Morgan fingerprint density at radius 1 is 1.17 bits per heavy atom. The van der Waals surface area contributed by atoms with Crippen LogP contribution in [-0.4, -0.2) is 43.8 Å². The minimum absolute atomic E-state index is 0.103. The molecule has 8 nitrogen and oxygen atoms in total. The van der Waals surface area contributed by atoms with Crippen molar-refractivity contribution in [2.24, 2.45) is 0 Å². The van der Waals surface area contributed by atoms with Crippen LogP contribution < -0.4 is 14.8 Å². The Bertz CT molecular complexity index is 1250. The Morgan fingerprint density at radius 3 is 2.70 bits per heavy atom. The standard InChI is InChI=1S/C20H18ClN3O5S/c1-28-14-5-3-4-12(10-14)17-18(24-8-9-30(26,27)20(24)23-17)19(25)22-15-11-13(21)6-7-16(15)29-2/h3-7,10-11H,8-9H2,1-2H3,(H,22,25). The zero-order valence-corrected chi connectivity index (χ0v) is 17.7. The SMILES string of the molecule is COc1cccc(-c2nc3n(c2C(=O)Nc2cc(Cl)ccc2OC)CCS3(=O)=O)c1. The highest BCUT2D eigenvalue weighted by atomic mass is 35.5. The van der Waals surface area contributed by atoms with E-state index in [-0.39, 0.29) is 28.8 Å². The second-order valence-corrected chi connectivity index (χ2v) is 9.03. The number of aromatic nitrogens is 2. The van der Waals surface area contributed by atoms with Crippen molar-refractivity contribution in [3.63, 3.8) is 0 Å². The van der Waals surface area contributed by atoms with Crippen molar-refractivity contribution in [2.75, 3.05) is 25.3 Å². The van der Waals surface area contributed by atoms with Crippen molar-refractivity contribution < 1.29 is 22.7 Å². The minimum atomic E-state index is -3.56. The van der Waals surface area contributed by atoms with E-state index in [1.54, 1.807) is 42.5 Å². The molecule has 2 heterocycles. The third-order valence-corrected chi connectivity index (χ3v) is 6.59. The van der Waals surface area contributed by atoms with Gasteiger partial charge in [-0.1, -0.05) is 23.7 Å². The first kappa shape index (κ1) is 20.2. The molecule has 0 saturated carbocycles. The Balaban J connectivity index is 1.85. The molecule has 1 amide bonds. The predicted octanol–water partition coefficient (Wildman–Crippen LogP) is 3.26. The van der Waals surface area contributed by atoms with Crippen molar-refractivity contribution >= 4 is 33.0 Å². The number of nitrogens with one attached hydrogen (secondary N) is 1. The molecule has 1 aromatic heterocycles. The summed E-state index contributed by atoms with van der Waals surface area (Å²) in [5.41, 5.74) is 1.32. The van der Waals surface area contributed by atoms with Crippen molar-refractivity contribution in [3.8, 4) is 22.8 Å². The number of amides is 1. The fourth-order valence-electron chi connectivity index (χ4n) is 3.34. The van der Waals surface area contributed by atoms with Crippen LogP contribution in [0.15, 0.2) is 47.6 Å². The quantitative estimate of drug-likeness (QED) is 0.644. The third-order valence-electron chi connectivity index (χ3n) is 4.76. The van der Waals surface area contributed by atoms with Crippen LogP contribution in [-0.2, 0) is 16.4 Å². The number of hydrogen-bond acceptors (Lipinski definition) is 6. The Kier molecular flexibility index (Phi) is 5.17. The summed E-state index contributed by atoms with van der Waals surface area (Å²) in [5, 5.41) is 3.06. The monoisotopic (exact) mass is 447 g/mol. The molecular formula is C20H18ClN3O5S. The second kappa shape index (κ2) is 7.66. The van der Waals surface area contributed by atoms with Crippen LogP contribution in [0.1, 0.15) is 10.5 Å². The largest absolute Gasteiger partial charge is 0.497 e. The Labute approximate surface area is 178 Å². The fourth-order valence-corrected chi connectivity index (χ4v) is 4.87. The number of nitrogens with zero attached hydrogens (tertiary/aromatic N) is 2. The summed E-state index contributed by atoms with van der Waals surface area (Å²) in [6.07, 6.45) is 0. The number of carbonyl (C=O) groups is 1. The fraction of sp³-hybridized carbons (Fsp3) is 0.200. The molecule has 0 unspecified atom stereocenters. The van der Waals surface area contributed by atoms with E-state index in [1.807, 2.05) is 0 Å². The van der Waals surface area contributed by atoms with Crippen LogP contribution in [0.4, 0.5) is 5.69 Å². The van der Waals surface area contributed by atoms with Crippen LogP contribution in [0.25, 0.3) is 11.3 Å². The topological polar surface area (TPSA) is 99.5 Å². The smallest absolute Gasteiger partial charge is 0.274 e. The summed E-state index contributed by atoms with van der Waals surface area (Å²) < 4.78 is 36.8. The van der Waals surface area contributed by atoms with Crippen molar-refractivity contribution in [3.05, 3.63) is 53.2 Å². The maximum atomic E-state index is 13.3. The molecule has 0 atom stereocenters. The summed E-state index contributed by atoms with van der Waals surface area (Å²) >= 11 is 6.06. The van der Waals surface area contributed by atoms with Crippen LogP contribution in [0, 0.1) is 0 Å².